The van der Waals surface area contributed by atoms with Crippen LogP contribution < -0.4 is 10.6 Å². The van der Waals surface area contributed by atoms with Gasteiger partial charge in [-0.25, -0.2) is 19.2 Å². The second-order valence-corrected chi connectivity index (χ2v) is 9.95. The van der Waals surface area contributed by atoms with Crippen molar-refractivity contribution in [2.45, 2.75) is 90.7 Å². The third-order valence-corrected chi connectivity index (χ3v) is 4.36. The fourth-order valence-corrected chi connectivity index (χ4v) is 2.90. The number of hydrogen-bond acceptors (Lipinski definition) is 8. The minimum atomic E-state index is -1.01. The number of methoxy groups -OCH3 is 1. The summed E-state index contributed by atoms with van der Waals surface area (Å²) in [7, 11) is 1.21. The van der Waals surface area contributed by atoms with Crippen LogP contribution >= 0.6 is 0 Å². The van der Waals surface area contributed by atoms with Crippen LogP contribution in [-0.2, 0) is 35.1 Å². The summed E-state index contributed by atoms with van der Waals surface area (Å²) < 4.78 is 20.6. The zero-order chi connectivity index (χ0) is 26.6. The molecule has 10 heteroatoms. The van der Waals surface area contributed by atoms with E-state index in [-0.39, 0.29) is 25.9 Å². The predicted octanol–water partition coefficient (Wildman–Crippen LogP) is 3.86. The molecule has 35 heavy (non-hydrogen) atoms. The number of ether oxygens (including phenoxy) is 4. The smallest absolute Gasteiger partial charge is 0.408 e. The van der Waals surface area contributed by atoms with Gasteiger partial charge in [-0.15, -0.1) is 0 Å². The van der Waals surface area contributed by atoms with Crippen molar-refractivity contribution in [3.05, 3.63) is 35.9 Å². The second kappa shape index (κ2) is 13.6. The summed E-state index contributed by atoms with van der Waals surface area (Å²) in [5.41, 5.74) is -0.711. The largest absolute Gasteiger partial charge is 0.467 e. The van der Waals surface area contributed by atoms with Crippen LogP contribution in [0.25, 0.3) is 0 Å². The Morgan fingerprint density at radius 1 is 0.771 bits per heavy atom. The predicted molar refractivity (Wildman–Crippen MR) is 128 cm³/mol. The lowest BCUT2D eigenvalue weighted by Gasteiger charge is -2.26. The monoisotopic (exact) mass is 494 g/mol. The van der Waals surface area contributed by atoms with Crippen molar-refractivity contribution in [1.29, 1.82) is 0 Å². The van der Waals surface area contributed by atoms with Gasteiger partial charge >= 0.3 is 24.1 Å². The molecule has 10 nitrogen and oxygen atoms in total. The van der Waals surface area contributed by atoms with E-state index in [1.807, 2.05) is 18.2 Å². The van der Waals surface area contributed by atoms with Crippen molar-refractivity contribution in [2.24, 2.45) is 0 Å². The highest BCUT2D eigenvalue weighted by molar-refractivity contribution is 5.82. The maximum atomic E-state index is 12.6. The fourth-order valence-electron chi connectivity index (χ4n) is 2.90. The van der Waals surface area contributed by atoms with Crippen molar-refractivity contribution >= 4 is 24.1 Å². The van der Waals surface area contributed by atoms with E-state index in [0.717, 1.165) is 5.56 Å². The van der Waals surface area contributed by atoms with Crippen LogP contribution in [0.4, 0.5) is 9.59 Å². The topological polar surface area (TPSA) is 129 Å². The molecule has 0 spiro atoms. The minimum absolute atomic E-state index is 0.0428. The van der Waals surface area contributed by atoms with Gasteiger partial charge in [-0.3, -0.25) is 0 Å². The Hall–Kier alpha value is -3.30. The van der Waals surface area contributed by atoms with Crippen LogP contribution in [0.2, 0.25) is 0 Å². The highest BCUT2D eigenvalue weighted by Crippen LogP contribution is 2.14. The number of amides is 2. The fraction of sp³-hybridized carbons (Fsp3) is 0.600. The van der Waals surface area contributed by atoms with Gasteiger partial charge in [0.2, 0.25) is 0 Å². The number of carbonyl (C=O) groups excluding carboxylic acids is 4. The molecular weight excluding hydrogens is 456 g/mol. The summed E-state index contributed by atoms with van der Waals surface area (Å²) in [6, 6.07) is 7.09. The lowest BCUT2D eigenvalue weighted by atomic mass is 10.0. The number of alkyl carbamates (subject to hydrolysis) is 2. The van der Waals surface area contributed by atoms with E-state index >= 15 is 0 Å². The summed E-state index contributed by atoms with van der Waals surface area (Å²) in [6.45, 7) is 10.3. The van der Waals surface area contributed by atoms with Crippen molar-refractivity contribution in [3.8, 4) is 0 Å². The first-order valence-electron chi connectivity index (χ1n) is 11.5. The van der Waals surface area contributed by atoms with Gasteiger partial charge in [-0.05, 0) is 66.4 Å². The Labute approximate surface area is 207 Å². The lowest BCUT2D eigenvalue weighted by Crippen LogP contribution is -2.46. The van der Waals surface area contributed by atoms with E-state index in [0.29, 0.717) is 0 Å². The third kappa shape index (κ3) is 13.2. The molecule has 2 amide bonds. The summed E-state index contributed by atoms with van der Waals surface area (Å²) >= 11 is 0. The van der Waals surface area contributed by atoms with Gasteiger partial charge in [0.15, 0.2) is 0 Å². The molecule has 0 saturated carbocycles. The number of nitrogens with one attached hydrogen (secondary N) is 2. The van der Waals surface area contributed by atoms with Crippen molar-refractivity contribution in [2.75, 3.05) is 7.11 Å². The Bertz CT molecular complexity index is 843. The molecule has 0 aliphatic carbocycles. The highest BCUT2D eigenvalue weighted by Gasteiger charge is 2.30. The van der Waals surface area contributed by atoms with Crippen LogP contribution in [0.3, 0.4) is 0 Å². The molecule has 2 atom stereocenters. The number of rotatable bonds is 10. The van der Waals surface area contributed by atoms with Crippen LogP contribution in [0.5, 0.6) is 0 Å². The van der Waals surface area contributed by atoms with Crippen LogP contribution in [0, 0.1) is 0 Å². The summed E-state index contributed by atoms with van der Waals surface area (Å²) in [5.74, 6) is -1.29. The Kier molecular flexibility index (Phi) is 11.5. The van der Waals surface area contributed by atoms with E-state index in [1.165, 1.54) is 7.11 Å². The highest BCUT2D eigenvalue weighted by atomic mass is 16.6. The van der Waals surface area contributed by atoms with Crippen LogP contribution in [0.1, 0.15) is 66.4 Å². The van der Waals surface area contributed by atoms with Crippen LogP contribution in [-0.4, -0.2) is 54.5 Å². The molecule has 0 fully saturated rings. The van der Waals surface area contributed by atoms with Crippen molar-refractivity contribution in [1.82, 2.24) is 10.6 Å². The van der Waals surface area contributed by atoms with Gasteiger partial charge in [0.25, 0.3) is 0 Å². The van der Waals surface area contributed by atoms with Gasteiger partial charge in [0.1, 0.15) is 29.9 Å². The summed E-state index contributed by atoms with van der Waals surface area (Å²) in [6.07, 6.45) is -0.983. The normalized spacial score (nSPS) is 13.1. The maximum Gasteiger partial charge on any atom is 0.408 e. The summed E-state index contributed by atoms with van der Waals surface area (Å²) in [5, 5.41) is 5.02. The van der Waals surface area contributed by atoms with E-state index in [2.05, 4.69) is 10.6 Å². The standard InChI is InChI=1S/C25H38N2O8/c1-24(2,3)34-21(29)19(27-23(31)35-25(4,5)6)15-11-14-18(20(28)32-7)26-22(30)33-16-17-12-9-8-10-13-17/h8-10,12-13,18-19H,11,14-16H2,1-7H3,(H,26,30)(H,27,31)/t18-,19-/m0/s1. The Morgan fingerprint density at radius 3 is 1.80 bits per heavy atom. The number of esters is 2. The first kappa shape index (κ1) is 29.7. The number of carbonyl (C=O) groups is 4. The molecule has 1 aromatic carbocycles. The SMILES string of the molecule is COC(=O)[C@H](CCC[C@H](NC(=O)OC(C)(C)C)C(=O)OC(C)(C)C)NC(=O)OCc1ccccc1. The zero-order valence-corrected chi connectivity index (χ0v) is 21.6. The molecule has 0 aromatic heterocycles. The molecule has 0 aliphatic rings. The van der Waals surface area contributed by atoms with E-state index < -0.39 is 47.4 Å². The molecule has 0 radical (unpaired) electrons. The maximum absolute atomic E-state index is 12.6. The first-order chi connectivity index (χ1) is 16.2. The van der Waals surface area contributed by atoms with Gasteiger partial charge in [0.05, 0.1) is 7.11 Å². The van der Waals surface area contributed by atoms with Gasteiger partial charge < -0.3 is 29.6 Å². The molecule has 0 unspecified atom stereocenters. The van der Waals surface area contributed by atoms with Crippen molar-refractivity contribution in [3.63, 3.8) is 0 Å². The average molecular weight is 495 g/mol. The molecule has 196 valence electrons. The Balaban J connectivity index is 2.74. The van der Waals surface area contributed by atoms with Gasteiger partial charge in [0, 0.05) is 0 Å². The molecule has 0 heterocycles. The molecule has 1 rings (SSSR count). The molecule has 1 aromatic rings. The van der Waals surface area contributed by atoms with Crippen molar-refractivity contribution < 1.29 is 38.1 Å². The second-order valence-electron chi connectivity index (χ2n) is 9.95. The molecule has 0 aliphatic heterocycles. The molecule has 2 N–H and O–H groups in total. The quantitative estimate of drug-likeness (QED) is 0.371. The summed E-state index contributed by atoms with van der Waals surface area (Å²) in [4.78, 5) is 49.3. The van der Waals surface area contributed by atoms with E-state index in [9.17, 15) is 19.2 Å². The molecule has 0 saturated heterocycles. The van der Waals surface area contributed by atoms with Gasteiger partial charge in [-0.2, -0.15) is 0 Å². The van der Waals surface area contributed by atoms with Gasteiger partial charge in [-0.1, -0.05) is 30.3 Å². The first-order valence-corrected chi connectivity index (χ1v) is 11.5. The molecular formula is C25H38N2O8. The zero-order valence-electron chi connectivity index (χ0n) is 21.6. The lowest BCUT2D eigenvalue weighted by molar-refractivity contribution is -0.157. The number of hydrogen-bond donors (Lipinski definition) is 2. The van der Waals surface area contributed by atoms with Crippen LogP contribution in [0.15, 0.2) is 30.3 Å². The Morgan fingerprint density at radius 2 is 1.29 bits per heavy atom. The van der Waals surface area contributed by atoms with E-state index in [1.54, 1.807) is 53.7 Å². The molecule has 0 bridgehead atoms. The minimum Gasteiger partial charge on any atom is -0.467 e. The van der Waals surface area contributed by atoms with E-state index in [4.69, 9.17) is 18.9 Å². The average Bonchev–Trinajstić information content (AvgIpc) is 2.74. The number of benzene rings is 1. The third-order valence-electron chi connectivity index (χ3n) is 4.36.